The van der Waals surface area contributed by atoms with Crippen molar-refractivity contribution in [1.82, 2.24) is 16.2 Å². The average molecular weight is 364 g/mol. The first-order valence-electron chi connectivity index (χ1n) is 9.95. The molecule has 26 heavy (non-hydrogen) atoms. The van der Waals surface area contributed by atoms with Crippen LogP contribution in [-0.2, 0) is 9.59 Å². The zero-order valence-electron chi connectivity index (χ0n) is 15.8. The predicted octanol–water partition coefficient (Wildman–Crippen LogP) is 1.82. The Balaban J connectivity index is 1.52. The van der Waals surface area contributed by atoms with Crippen molar-refractivity contribution >= 4 is 17.8 Å². The smallest absolute Gasteiger partial charge is 0.312 e. The molecule has 5 N–H and O–H groups in total. The number of nitrogens with two attached hydrogens (primary N) is 1. The summed E-state index contributed by atoms with van der Waals surface area (Å²) in [6, 6.07) is -1.50. The van der Waals surface area contributed by atoms with Crippen LogP contribution in [0.4, 0.5) is 4.79 Å². The zero-order chi connectivity index (χ0) is 18.9. The van der Waals surface area contributed by atoms with Crippen LogP contribution in [-0.4, -0.2) is 23.9 Å². The van der Waals surface area contributed by atoms with E-state index in [0.29, 0.717) is 12.8 Å². The molecule has 0 aromatic carbocycles. The molecular formula is C19H32N4O3. The van der Waals surface area contributed by atoms with Gasteiger partial charge in [-0.2, -0.15) is 0 Å². The van der Waals surface area contributed by atoms with E-state index in [-0.39, 0.29) is 17.2 Å². The van der Waals surface area contributed by atoms with Crippen LogP contribution in [0.5, 0.6) is 0 Å². The lowest BCUT2D eigenvalue weighted by Crippen LogP contribution is -2.56. The third-order valence-corrected chi connectivity index (χ3v) is 6.82. The Morgan fingerprint density at radius 2 is 1.58 bits per heavy atom. The average Bonchev–Trinajstić information content (AvgIpc) is 2.55. The topological polar surface area (TPSA) is 113 Å². The van der Waals surface area contributed by atoms with Gasteiger partial charge in [0.2, 0.25) is 5.91 Å². The minimum absolute atomic E-state index is 0.0810. The predicted molar refractivity (Wildman–Crippen MR) is 97.5 cm³/mol. The summed E-state index contributed by atoms with van der Waals surface area (Å²) in [5.74, 6) is 1.72. The minimum atomic E-state index is -0.752. The van der Waals surface area contributed by atoms with Gasteiger partial charge >= 0.3 is 6.03 Å². The van der Waals surface area contributed by atoms with E-state index in [2.05, 4.69) is 16.2 Å². The van der Waals surface area contributed by atoms with Crippen LogP contribution in [0.2, 0.25) is 0 Å². The normalized spacial score (nSPS) is 34.0. The van der Waals surface area contributed by atoms with Crippen LogP contribution >= 0.6 is 0 Å². The number of rotatable bonds is 6. The van der Waals surface area contributed by atoms with Gasteiger partial charge in [-0.3, -0.25) is 20.4 Å². The molecule has 0 aromatic heterocycles. The van der Waals surface area contributed by atoms with Gasteiger partial charge in [0.1, 0.15) is 6.04 Å². The molecule has 146 valence electrons. The van der Waals surface area contributed by atoms with Gasteiger partial charge in [0.05, 0.1) is 0 Å². The number of carbonyl (C=O) groups is 3. The highest BCUT2D eigenvalue weighted by Gasteiger charge is 2.51. The first kappa shape index (κ1) is 19.0. The van der Waals surface area contributed by atoms with Crippen molar-refractivity contribution in [2.24, 2.45) is 34.8 Å². The summed E-state index contributed by atoms with van der Waals surface area (Å²) >= 11 is 0. The van der Waals surface area contributed by atoms with Gasteiger partial charge in [-0.05, 0) is 67.6 Å². The van der Waals surface area contributed by atoms with Crippen molar-refractivity contribution in [3.63, 3.8) is 0 Å². The highest BCUT2D eigenvalue weighted by atomic mass is 16.2. The second-order valence-electron chi connectivity index (χ2n) is 9.00. The Morgan fingerprint density at radius 3 is 2.04 bits per heavy atom. The molecule has 0 saturated heterocycles. The van der Waals surface area contributed by atoms with Crippen molar-refractivity contribution in [3.8, 4) is 0 Å². The van der Waals surface area contributed by atoms with Crippen LogP contribution in [0.25, 0.3) is 0 Å². The summed E-state index contributed by atoms with van der Waals surface area (Å²) in [5, 5.41) is 2.46. The number of carbonyl (C=O) groups excluding carboxylic acids is 3. The van der Waals surface area contributed by atoms with Crippen molar-refractivity contribution in [1.29, 1.82) is 0 Å². The lowest BCUT2D eigenvalue weighted by molar-refractivity contribution is -0.135. The molecule has 4 aliphatic rings. The third-order valence-electron chi connectivity index (χ3n) is 6.82. The summed E-state index contributed by atoms with van der Waals surface area (Å²) in [6.07, 6.45) is 8.66. The molecule has 4 aliphatic carbocycles. The number of urea groups is 1. The molecule has 2 atom stereocenters. The fourth-order valence-corrected chi connectivity index (χ4v) is 5.96. The lowest BCUT2D eigenvalue weighted by atomic mass is 9.49. The Morgan fingerprint density at radius 1 is 1.04 bits per heavy atom. The van der Waals surface area contributed by atoms with Gasteiger partial charge in [0.15, 0.2) is 0 Å². The van der Waals surface area contributed by atoms with Gasteiger partial charge in [-0.1, -0.05) is 20.3 Å². The molecule has 0 radical (unpaired) electrons. The van der Waals surface area contributed by atoms with Crippen molar-refractivity contribution in [2.75, 3.05) is 0 Å². The number of primary amides is 1. The van der Waals surface area contributed by atoms with E-state index in [1.165, 1.54) is 19.3 Å². The van der Waals surface area contributed by atoms with Crippen LogP contribution in [0, 0.1) is 29.1 Å². The SMILES string of the molecule is CC[C@@H](C)[C@@H](NC(N)=O)C(=O)NNC(=O)CC12CC3CC(CC(C3)C1)C2. The number of hydrazine groups is 1. The monoisotopic (exact) mass is 364 g/mol. The van der Waals surface area contributed by atoms with Gasteiger partial charge in [-0.15, -0.1) is 0 Å². The van der Waals surface area contributed by atoms with E-state index in [4.69, 9.17) is 5.73 Å². The Labute approximate surface area is 155 Å². The summed E-state index contributed by atoms with van der Waals surface area (Å²) in [6.45, 7) is 3.79. The molecule has 0 aromatic rings. The maximum absolute atomic E-state index is 12.5. The van der Waals surface area contributed by atoms with E-state index in [1.54, 1.807) is 0 Å². The summed E-state index contributed by atoms with van der Waals surface area (Å²) < 4.78 is 0. The third kappa shape index (κ3) is 4.13. The number of amides is 4. The summed E-state index contributed by atoms with van der Waals surface area (Å²) in [7, 11) is 0. The minimum Gasteiger partial charge on any atom is -0.352 e. The first-order valence-corrected chi connectivity index (χ1v) is 9.95. The van der Waals surface area contributed by atoms with Gasteiger partial charge in [-0.25, -0.2) is 4.79 Å². The largest absolute Gasteiger partial charge is 0.352 e. The molecule has 0 aliphatic heterocycles. The molecule has 4 fully saturated rings. The van der Waals surface area contributed by atoms with Crippen molar-refractivity contribution in [2.45, 2.75) is 71.3 Å². The van der Waals surface area contributed by atoms with Crippen LogP contribution < -0.4 is 21.9 Å². The van der Waals surface area contributed by atoms with E-state index in [1.807, 2.05) is 13.8 Å². The Kier molecular flexibility index (Phi) is 5.44. The van der Waals surface area contributed by atoms with Gasteiger partial charge < -0.3 is 11.1 Å². The van der Waals surface area contributed by atoms with E-state index >= 15 is 0 Å². The highest BCUT2D eigenvalue weighted by Crippen LogP contribution is 2.61. The second kappa shape index (κ2) is 7.45. The van der Waals surface area contributed by atoms with E-state index in [0.717, 1.165) is 37.0 Å². The molecule has 0 heterocycles. The summed E-state index contributed by atoms with van der Waals surface area (Å²) in [4.78, 5) is 36.0. The highest BCUT2D eigenvalue weighted by molar-refractivity contribution is 5.88. The Hall–Kier alpha value is -1.79. The molecular weight excluding hydrogens is 332 g/mol. The van der Waals surface area contributed by atoms with Gasteiger partial charge in [0, 0.05) is 6.42 Å². The van der Waals surface area contributed by atoms with E-state index in [9.17, 15) is 14.4 Å². The quantitative estimate of drug-likeness (QED) is 0.539. The summed E-state index contributed by atoms with van der Waals surface area (Å²) in [5.41, 5.74) is 10.3. The number of hydrogen-bond acceptors (Lipinski definition) is 3. The molecule has 0 unspecified atom stereocenters. The standard InChI is InChI=1S/C19H32N4O3/c1-3-11(2)16(21-18(20)26)17(25)23-22-15(24)10-19-7-12-4-13(8-19)6-14(5-12)9-19/h11-14,16H,3-10H2,1-2H3,(H,22,24)(H,23,25)(H3,20,21,26)/t11-,12?,13?,14?,16-,19?/m1/s1. The van der Waals surface area contributed by atoms with Crippen LogP contribution in [0.3, 0.4) is 0 Å². The van der Waals surface area contributed by atoms with Crippen LogP contribution in [0.1, 0.15) is 65.2 Å². The maximum atomic E-state index is 12.5. The molecule has 4 rings (SSSR count). The maximum Gasteiger partial charge on any atom is 0.312 e. The van der Waals surface area contributed by atoms with E-state index < -0.39 is 18.0 Å². The fourth-order valence-electron chi connectivity index (χ4n) is 5.96. The second-order valence-corrected chi connectivity index (χ2v) is 9.00. The molecule has 4 saturated carbocycles. The lowest BCUT2D eigenvalue weighted by Gasteiger charge is -2.56. The van der Waals surface area contributed by atoms with Gasteiger partial charge in [0.25, 0.3) is 5.91 Å². The number of hydrogen-bond donors (Lipinski definition) is 4. The van der Waals surface area contributed by atoms with Crippen molar-refractivity contribution < 1.29 is 14.4 Å². The molecule has 7 heteroatoms. The fraction of sp³-hybridized carbons (Fsp3) is 0.842. The van der Waals surface area contributed by atoms with Crippen LogP contribution in [0.15, 0.2) is 0 Å². The first-order chi connectivity index (χ1) is 12.3. The van der Waals surface area contributed by atoms with Crippen molar-refractivity contribution in [3.05, 3.63) is 0 Å². The molecule has 7 nitrogen and oxygen atoms in total. The Bertz CT molecular complexity index is 542. The zero-order valence-corrected chi connectivity index (χ0v) is 15.8. The molecule has 4 bridgehead atoms. The molecule has 4 amide bonds. The number of nitrogens with one attached hydrogen (secondary N) is 3. The molecule has 0 spiro atoms.